The minimum absolute atomic E-state index is 0.0355. The Morgan fingerprint density at radius 3 is 2.70 bits per heavy atom. The maximum atomic E-state index is 13.3. The van der Waals surface area contributed by atoms with Crippen molar-refractivity contribution in [2.45, 2.75) is 32.7 Å². The van der Waals surface area contributed by atoms with Gasteiger partial charge in [-0.15, -0.1) is 0 Å². The molecule has 0 saturated heterocycles. The lowest BCUT2D eigenvalue weighted by molar-refractivity contribution is -0.116. The summed E-state index contributed by atoms with van der Waals surface area (Å²) in [6, 6.07) is 14.2. The summed E-state index contributed by atoms with van der Waals surface area (Å²) in [5.74, 6) is -0.372. The van der Waals surface area contributed by atoms with Gasteiger partial charge in [-0.2, -0.15) is 0 Å². The van der Waals surface area contributed by atoms with Gasteiger partial charge in [-0.1, -0.05) is 44.2 Å². The van der Waals surface area contributed by atoms with Crippen LogP contribution in [0.3, 0.4) is 0 Å². The first-order valence-electron chi connectivity index (χ1n) is 7.94. The second-order valence-corrected chi connectivity index (χ2v) is 5.65. The van der Waals surface area contributed by atoms with Gasteiger partial charge in [-0.05, 0) is 41.8 Å². The van der Waals surface area contributed by atoms with E-state index in [9.17, 15) is 9.18 Å². The SMILES string of the molecule is CCNCc1ccccc1NC(=O)CC(C)c1cccc(F)c1. The lowest BCUT2D eigenvalue weighted by Gasteiger charge is -2.14. The van der Waals surface area contributed by atoms with Gasteiger partial charge in [-0.25, -0.2) is 4.39 Å². The molecule has 0 aliphatic carbocycles. The van der Waals surface area contributed by atoms with Gasteiger partial charge in [0.1, 0.15) is 5.82 Å². The van der Waals surface area contributed by atoms with Crippen molar-refractivity contribution < 1.29 is 9.18 Å². The van der Waals surface area contributed by atoms with Crippen molar-refractivity contribution in [1.29, 1.82) is 0 Å². The molecule has 1 unspecified atom stereocenters. The lowest BCUT2D eigenvalue weighted by Crippen LogP contribution is -2.18. The van der Waals surface area contributed by atoms with E-state index in [0.29, 0.717) is 13.0 Å². The third-order valence-electron chi connectivity index (χ3n) is 3.77. The van der Waals surface area contributed by atoms with Gasteiger partial charge in [0.15, 0.2) is 0 Å². The fourth-order valence-corrected chi connectivity index (χ4v) is 2.47. The van der Waals surface area contributed by atoms with Crippen molar-refractivity contribution in [2.24, 2.45) is 0 Å². The highest BCUT2D eigenvalue weighted by Crippen LogP contribution is 2.21. The van der Waals surface area contributed by atoms with Crippen molar-refractivity contribution in [2.75, 3.05) is 11.9 Å². The number of halogens is 1. The maximum absolute atomic E-state index is 13.3. The van der Waals surface area contributed by atoms with Gasteiger partial charge in [0, 0.05) is 18.7 Å². The predicted octanol–water partition coefficient (Wildman–Crippen LogP) is 4.07. The van der Waals surface area contributed by atoms with E-state index in [1.807, 2.05) is 44.2 Å². The first-order chi connectivity index (χ1) is 11.1. The molecular weight excluding hydrogens is 291 g/mol. The number of rotatable bonds is 7. The van der Waals surface area contributed by atoms with Crippen LogP contribution >= 0.6 is 0 Å². The van der Waals surface area contributed by atoms with Crippen molar-refractivity contribution in [3.05, 3.63) is 65.5 Å². The highest BCUT2D eigenvalue weighted by molar-refractivity contribution is 5.92. The van der Waals surface area contributed by atoms with Crippen molar-refractivity contribution in [3.8, 4) is 0 Å². The molecule has 1 amide bonds. The van der Waals surface area contributed by atoms with E-state index < -0.39 is 0 Å². The normalized spacial score (nSPS) is 12.0. The van der Waals surface area contributed by atoms with Crippen molar-refractivity contribution >= 4 is 11.6 Å². The monoisotopic (exact) mass is 314 g/mol. The summed E-state index contributed by atoms with van der Waals surface area (Å²) >= 11 is 0. The molecule has 122 valence electrons. The molecule has 0 heterocycles. The number of carbonyl (C=O) groups excluding carboxylic acids is 1. The molecule has 4 heteroatoms. The zero-order valence-corrected chi connectivity index (χ0v) is 13.6. The van der Waals surface area contributed by atoms with Crippen LogP contribution in [0.5, 0.6) is 0 Å². The number of nitrogens with one attached hydrogen (secondary N) is 2. The minimum Gasteiger partial charge on any atom is -0.326 e. The van der Waals surface area contributed by atoms with Gasteiger partial charge in [0.2, 0.25) is 5.91 Å². The Bertz CT molecular complexity index is 657. The molecule has 1 atom stereocenters. The average molecular weight is 314 g/mol. The molecule has 2 N–H and O–H groups in total. The zero-order valence-electron chi connectivity index (χ0n) is 13.6. The number of carbonyl (C=O) groups is 1. The van der Waals surface area contributed by atoms with Crippen LogP contribution < -0.4 is 10.6 Å². The summed E-state index contributed by atoms with van der Waals surface area (Å²) in [7, 11) is 0. The molecule has 0 aromatic heterocycles. The minimum atomic E-state index is -0.272. The van der Waals surface area contributed by atoms with Crippen LogP contribution in [0.2, 0.25) is 0 Å². The number of anilines is 1. The molecule has 2 aromatic carbocycles. The highest BCUT2D eigenvalue weighted by atomic mass is 19.1. The first kappa shape index (κ1) is 17.2. The lowest BCUT2D eigenvalue weighted by atomic mass is 9.97. The van der Waals surface area contributed by atoms with Crippen molar-refractivity contribution in [3.63, 3.8) is 0 Å². The van der Waals surface area contributed by atoms with Crippen LogP contribution in [0, 0.1) is 5.82 Å². The van der Waals surface area contributed by atoms with Gasteiger partial charge in [0.25, 0.3) is 0 Å². The van der Waals surface area contributed by atoms with Crippen LogP contribution in [0.4, 0.5) is 10.1 Å². The van der Waals surface area contributed by atoms with Gasteiger partial charge >= 0.3 is 0 Å². The molecule has 0 aliphatic rings. The standard InChI is InChI=1S/C19H23FN2O/c1-3-21-13-16-7-4-5-10-18(16)22-19(23)11-14(2)15-8-6-9-17(20)12-15/h4-10,12,14,21H,3,11,13H2,1-2H3,(H,22,23). The highest BCUT2D eigenvalue weighted by Gasteiger charge is 2.13. The van der Waals surface area contributed by atoms with Crippen LogP contribution in [0.1, 0.15) is 37.3 Å². The zero-order chi connectivity index (χ0) is 16.7. The summed E-state index contributed by atoms with van der Waals surface area (Å²) in [6.07, 6.45) is 0.318. The van der Waals surface area contributed by atoms with E-state index in [1.54, 1.807) is 6.07 Å². The van der Waals surface area contributed by atoms with E-state index >= 15 is 0 Å². The predicted molar refractivity (Wildman–Crippen MR) is 91.9 cm³/mol. The third-order valence-corrected chi connectivity index (χ3v) is 3.77. The maximum Gasteiger partial charge on any atom is 0.224 e. The summed E-state index contributed by atoms with van der Waals surface area (Å²) in [4.78, 5) is 12.3. The molecule has 0 spiro atoms. The van der Waals surface area contributed by atoms with E-state index in [2.05, 4.69) is 10.6 Å². The quantitative estimate of drug-likeness (QED) is 0.809. The molecule has 0 saturated carbocycles. The van der Waals surface area contributed by atoms with E-state index in [1.165, 1.54) is 12.1 Å². The number of para-hydroxylation sites is 1. The Balaban J connectivity index is 1.99. The van der Waals surface area contributed by atoms with Crippen LogP contribution in [0.25, 0.3) is 0 Å². The molecule has 2 aromatic rings. The first-order valence-corrected chi connectivity index (χ1v) is 7.94. The second-order valence-electron chi connectivity index (χ2n) is 5.65. The van der Waals surface area contributed by atoms with Gasteiger partial charge in [-0.3, -0.25) is 4.79 Å². The summed E-state index contributed by atoms with van der Waals surface area (Å²) in [5.41, 5.74) is 2.71. The number of benzene rings is 2. The smallest absolute Gasteiger partial charge is 0.224 e. The Kier molecular flexibility index (Phi) is 6.29. The number of hydrogen-bond donors (Lipinski definition) is 2. The van der Waals surface area contributed by atoms with Crippen LogP contribution in [-0.4, -0.2) is 12.5 Å². The third kappa shape index (κ3) is 5.18. The Labute approximate surface area is 136 Å². The number of hydrogen-bond acceptors (Lipinski definition) is 2. The van der Waals surface area contributed by atoms with Crippen LogP contribution in [0.15, 0.2) is 48.5 Å². The van der Waals surface area contributed by atoms with Crippen molar-refractivity contribution in [1.82, 2.24) is 5.32 Å². The molecule has 2 rings (SSSR count). The molecular formula is C19H23FN2O. The molecule has 3 nitrogen and oxygen atoms in total. The fraction of sp³-hybridized carbons (Fsp3) is 0.316. The van der Waals surface area contributed by atoms with Gasteiger partial charge < -0.3 is 10.6 Å². The van der Waals surface area contributed by atoms with E-state index in [-0.39, 0.29) is 17.6 Å². The summed E-state index contributed by atoms with van der Waals surface area (Å²) in [6.45, 7) is 5.56. The topological polar surface area (TPSA) is 41.1 Å². The Morgan fingerprint density at radius 2 is 1.96 bits per heavy atom. The average Bonchev–Trinajstić information content (AvgIpc) is 2.54. The summed E-state index contributed by atoms with van der Waals surface area (Å²) < 4.78 is 13.3. The largest absolute Gasteiger partial charge is 0.326 e. The molecule has 0 radical (unpaired) electrons. The Hall–Kier alpha value is -2.20. The van der Waals surface area contributed by atoms with Gasteiger partial charge in [0.05, 0.1) is 0 Å². The molecule has 0 fully saturated rings. The molecule has 0 aliphatic heterocycles. The number of amides is 1. The Morgan fingerprint density at radius 1 is 1.17 bits per heavy atom. The molecule has 0 bridgehead atoms. The van der Waals surface area contributed by atoms with E-state index in [4.69, 9.17) is 0 Å². The van der Waals surface area contributed by atoms with E-state index in [0.717, 1.165) is 23.4 Å². The second kappa shape index (κ2) is 8.44. The van der Waals surface area contributed by atoms with Crippen LogP contribution in [-0.2, 0) is 11.3 Å². The fourth-order valence-electron chi connectivity index (χ4n) is 2.47. The molecule has 23 heavy (non-hydrogen) atoms. The summed E-state index contributed by atoms with van der Waals surface area (Å²) in [5, 5.41) is 6.22.